The fraction of sp³-hybridized carbons (Fsp3) is 0.0667. The molecule has 0 aliphatic heterocycles. The van der Waals surface area contributed by atoms with Gasteiger partial charge >= 0.3 is 0 Å². The molecule has 106 valence electrons. The van der Waals surface area contributed by atoms with E-state index in [9.17, 15) is 4.79 Å². The number of carbonyl (C=O) groups excluding carboxylic acids is 1. The first kappa shape index (κ1) is 14.9. The highest BCUT2D eigenvalue weighted by Crippen LogP contribution is 2.30. The Hall–Kier alpha value is -1.07. The van der Waals surface area contributed by atoms with Crippen LogP contribution in [0.4, 0.5) is 0 Å². The lowest BCUT2D eigenvalue weighted by Crippen LogP contribution is -2.03. The monoisotopic (exact) mass is 353 g/mol. The number of fused-ring (bicyclic) bond motifs is 1. The van der Waals surface area contributed by atoms with Crippen LogP contribution in [0.15, 0.2) is 46.8 Å². The number of ketones is 1. The van der Waals surface area contributed by atoms with Crippen molar-refractivity contribution in [3.8, 4) is 0 Å². The zero-order valence-electron chi connectivity index (χ0n) is 10.7. The molecule has 3 rings (SSSR count). The molecule has 0 unspecified atom stereocenters. The number of halogens is 2. The molecule has 2 aromatic carbocycles. The highest BCUT2D eigenvalue weighted by atomic mass is 35.5. The summed E-state index contributed by atoms with van der Waals surface area (Å²) in [5.74, 6) is 0.242. The molecule has 3 aromatic rings. The molecule has 6 heteroatoms. The zero-order chi connectivity index (χ0) is 14.8. The van der Waals surface area contributed by atoms with Gasteiger partial charge in [0, 0.05) is 10.6 Å². The van der Waals surface area contributed by atoms with Gasteiger partial charge in [-0.25, -0.2) is 4.98 Å². The molecule has 0 aliphatic rings. The number of thiazole rings is 1. The second-order valence-electron chi connectivity index (χ2n) is 4.28. The van der Waals surface area contributed by atoms with Crippen LogP contribution >= 0.6 is 46.3 Å². The Balaban J connectivity index is 1.74. The van der Waals surface area contributed by atoms with Gasteiger partial charge in [-0.05, 0) is 30.3 Å². The Kier molecular flexibility index (Phi) is 4.50. The van der Waals surface area contributed by atoms with Crippen LogP contribution in [-0.4, -0.2) is 16.5 Å². The van der Waals surface area contributed by atoms with Gasteiger partial charge in [0.1, 0.15) is 0 Å². The van der Waals surface area contributed by atoms with Gasteiger partial charge in [-0.1, -0.05) is 47.1 Å². The van der Waals surface area contributed by atoms with E-state index in [0.717, 1.165) is 14.6 Å². The fourth-order valence-electron chi connectivity index (χ4n) is 1.83. The largest absolute Gasteiger partial charge is 0.293 e. The highest BCUT2D eigenvalue weighted by molar-refractivity contribution is 8.01. The second kappa shape index (κ2) is 6.36. The Labute approximate surface area is 140 Å². The van der Waals surface area contributed by atoms with Gasteiger partial charge in [-0.2, -0.15) is 0 Å². The normalized spacial score (nSPS) is 11.0. The van der Waals surface area contributed by atoms with E-state index < -0.39 is 0 Å². The van der Waals surface area contributed by atoms with Gasteiger partial charge < -0.3 is 0 Å². The van der Waals surface area contributed by atoms with E-state index in [1.54, 1.807) is 29.5 Å². The van der Waals surface area contributed by atoms with Gasteiger partial charge in [0.15, 0.2) is 10.1 Å². The molecule has 0 saturated heterocycles. The summed E-state index contributed by atoms with van der Waals surface area (Å²) in [4.78, 5) is 16.7. The molecule has 0 N–H and O–H groups in total. The number of rotatable bonds is 4. The number of Topliss-reactive ketones (excluding diaryl/α,β-unsaturated/α-hetero) is 1. The highest BCUT2D eigenvalue weighted by Gasteiger charge is 2.13. The maximum Gasteiger partial charge on any atom is 0.174 e. The average molecular weight is 354 g/mol. The summed E-state index contributed by atoms with van der Waals surface area (Å²) < 4.78 is 2.00. The summed E-state index contributed by atoms with van der Waals surface area (Å²) in [6, 6.07) is 12.8. The van der Waals surface area contributed by atoms with Crippen LogP contribution in [0.25, 0.3) is 10.2 Å². The Bertz CT molecular complexity index is 783. The molecule has 1 aromatic heterocycles. The van der Waals surface area contributed by atoms with E-state index in [2.05, 4.69) is 4.98 Å². The quantitative estimate of drug-likeness (QED) is 0.453. The minimum atomic E-state index is -0.0493. The van der Waals surface area contributed by atoms with E-state index in [4.69, 9.17) is 23.2 Å². The fourth-order valence-corrected chi connectivity index (χ4v) is 4.18. The predicted octanol–water partition coefficient (Wildman–Crippen LogP) is 5.58. The van der Waals surface area contributed by atoms with Gasteiger partial charge in [-0.3, -0.25) is 4.79 Å². The molecule has 2 nitrogen and oxygen atoms in total. The zero-order valence-corrected chi connectivity index (χ0v) is 13.8. The summed E-state index contributed by atoms with van der Waals surface area (Å²) in [6.07, 6.45) is 0. The minimum Gasteiger partial charge on any atom is -0.293 e. The summed E-state index contributed by atoms with van der Waals surface area (Å²) >= 11 is 14.9. The molecule has 0 amide bonds. The Morgan fingerprint density at radius 2 is 2.00 bits per heavy atom. The first-order chi connectivity index (χ1) is 10.1. The lowest BCUT2D eigenvalue weighted by Gasteiger charge is -2.03. The second-order valence-corrected chi connectivity index (χ2v) is 7.38. The minimum absolute atomic E-state index is 0.0493. The van der Waals surface area contributed by atoms with Gasteiger partial charge in [0.05, 0.1) is 21.0 Å². The van der Waals surface area contributed by atoms with E-state index in [-0.39, 0.29) is 5.78 Å². The SMILES string of the molecule is O=C(CSc1nc2ccccc2s1)c1cc(Cl)ccc1Cl. The molecular weight excluding hydrogens is 345 g/mol. The van der Waals surface area contributed by atoms with Crippen LogP contribution < -0.4 is 0 Å². The van der Waals surface area contributed by atoms with E-state index in [0.29, 0.717) is 21.4 Å². The Morgan fingerprint density at radius 3 is 2.81 bits per heavy atom. The van der Waals surface area contributed by atoms with Crippen molar-refractivity contribution in [2.45, 2.75) is 4.34 Å². The number of nitrogens with zero attached hydrogens (tertiary/aromatic N) is 1. The molecule has 0 saturated carbocycles. The first-order valence-corrected chi connectivity index (χ1v) is 8.66. The van der Waals surface area contributed by atoms with Crippen molar-refractivity contribution < 1.29 is 4.79 Å². The van der Waals surface area contributed by atoms with Crippen molar-refractivity contribution in [1.29, 1.82) is 0 Å². The smallest absolute Gasteiger partial charge is 0.174 e. The van der Waals surface area contributed by atoms with Crippen LogP contribution in [0.1, 0.15) is 10.4 Å². The Morgan fingerprint density at radius 1 is 1.19 bits per heavy atom. The van der Waals surface area contributed by atoms with Crippen LogP contribution in [0.5, 0.6) is 0 Å². The van der Waals surface area contributed by atoms with Crippen molar-refractivity contribution in [2.24, 2.45) is 0 Å². The lowest BCUT2D eigenvalue weighted by molar-refractivity contribution is 0.102. The van der Waals surface area contributed by atoms with E-state index >= 15 is 0 Å². The number of hydrogen-bond donors (Lipinski definition) is 0. The average Bonchev–Trinajstić information content (AvgIpc) is 2.90. The topological polar surface area (TPSA) is 30.0 Å². The number of hydrogen-bond acceptors (Lipinski definition) is 4. The number of para-hydroxylation sites is 1. The molecule has 0 fully saturated rings. The van der Waals surface area contributed by atoms with Crippen molar-refractivity contribution in [1.82, 2.24) is 4.98 Å². The van der Waals surface area contributed by atoms with Crippen LogP contribution in [-0.2, 0) is 0 Å². The third-order valence-electron chi connectivity index (χ3n) is 2.83. The maximum absolute atomic E-state index is 12.2. The molecule has 0 spiro atoms. The van der Waals surface area contributed by atoms with Gasteiger partial charge in [-0.15, -0.1) is 11.3 Å². The van der Waals surface area contributed by atoms with Crippen molar-refractivity contribution >= 4 is 62.3 Å². The number of aromatic nitrogens is 1. The van der Waals surface area contributed by atoms with Crippen LogP contribution in [0.2, 0.25) is 10.0 Å². The standard InChI is InChI=1S/C15H9Cl2NOS2/c16-9-5-6-11(17)10(7-9)13(19)8-20-15-18-12-3-1-2-4-14(12)21-15/h1-7H,8H2. The number of carbonyl (C=O) groups is 1. The third-order valence-corrected chi connectivity index (χ3v) is 5.57. The lowest BCUT2D eigenvalue weighted by atomic mass is 10.1. The molecule has 0 aliphatic carbocycles. The number of benzene rings is 2. The molecule has 21 heavy (non-hydrogen) atoms. The van der Waals surface area contributed by atoms with E-state index in [1.807, 2.05) is 24.3 Å². The molecule has 0 radical (unpaired) electrons. The predicted molar refractivity (Wildman–Crippen MR) is 91.1 cm³/mol. The van der Waals surface area contributed by atoms with Crippen molar-refractivity contribution in [2.75, 3.05) is 5.75 Å². The molecular formula is C15H9Cl2NOS2. The summed E-state index contributed by atoms with van der Waals surface area (Å²) in [7, 11) is 0. The van der Waals surface area contributed by atoms with Gasteiger partial charge in [0.25, 0.3) is 0 Å². The molecule has 0 bridgehead atoms. The molecule has 1 heterocycles. The molecule has 0 atom stereocenters. The van der Waals surface area contributed by atoms with Crippen molar-refractivity contribution in [3.05, 3.63) is 58.1 Å². The van der Waals surface area contributed by atoms with E-state index in [1.165, 1.54) is 11.8 Å². The van der Waals surface area contributed by atoms with Gasteiger partial charge in [0.2, 0.25) is 0 Å². The van der Waals surface area contributed by atoms with Crippen molar-refractivity contribution in [3.63, 3.8) is 0 Å². The van der Waals surface area contributed by atoms with Crippen LogP contribution in [0.3, 0.4) is 0 Å². The first-order valence-electron chi connectivity index (χ1n) is 6.10. The number of thioether (sulfide) groups is 1. The van der Waals surface area contributed by atoms with Crippen LogP contribution in [0, 0.1) is 0 Å². The summed E-state index contributed by atoms with van der Waals surface area (Å²) in [5, 5.41) is 0.932. The third kappa shape index (κ3) is 3.40. The summed E-state index contributed by atoms with van der Waals surface area (Å²) in [6.45, 7) is 0. The maximum atomic E-state index is 12.2. The summed E-state index contributed by atoms with van der Waals surface area (Å²) in [5.41, 5.74) is 1.41.